The Labute approximate surface area is 114 Å². The third kappa shape index (κ3) is 3.26. The van der Waals surface area contributed by atoms with Crippen LogP contribution in [0.3, 0.4) is 0 Å². The van der Waals surface area contributed by atoms with E-state index in [1.54, 1.807) is 4.90 Å². The second kappa shape index (κ2) is 6.06. The molecule has 1 fully saturated rings. The summed E-state index contributed by atoms with van der Waals surface area (Å²) in [6.45, 7) is 6.00. The zero-order valence-corrected chi connectivity index (χ0v) is 11.6. The van der Waals surface area contributed by atoms with Gasteiger partial charge < -0.3 is 14.7 Å². The molecule has 104 valence electrons. The fraction of sp³-hybridized carbons (Fsp3) is 0.533. The first-order valence-electron chi connectivity index (χ1n) is 6.69. The Morgan fingerprint density at radius 1 is 1.42 bits per heavy atom. The van der Waals surface area contributed by atoms with Crippen molar-refractivity contribution in [2.75, 3.05) is 26.3 Å². The van der Waals surface area contributed by atoms with Crippen molar-refractivity contribution in [2.24, 2.45) is 5.92 Å². The van der Waals surface area contributed by atoms with Crippen LogP contribution >= 0.6 is 0 Å². The Hall–Kier alpha value is -1.55. The second-order valence-electron chi connectivity index (χ2n) is 5.14. The van der Waals surface area contributed by atoms with E-state index in [0.717, 1.165) is 11.3 Å². The Bertz CT molecular complexity index is 453. The van der Waals surface area contributed by atoms with Crippen molar-refractivity contribution in [3.05, 3.63) is 29.3 Å². The molecule has 0 radical (unpaired) electrons. The van der Waals surface area contributed by atoms with Crippen molar-refractivity contribution in [3.63, 3.8) is 0 Å². The highest BCUT2D eigenvalue weighted by Crippen LogP contribution is 2.21. The largest absolute Gasteiger partial charge is 0.493 e. The van der Waals surface area contributed by atoms with Gasteiger partial charge in [0.05, 0.1) is 13.0 Å². The highest BCUT2D eigenvalue weighted by Gasteiger charge is 2.29. The fourth-order valence-corrected chi connectivity index (χ4v) is 2.18. The lowest BCUT2D eigenvalue weighted by molar-refractivity contribution is -0.138. The van der Waals surface area contributed by atoms with Gasteiger partial charge in [-0.05, 0) is 31.0 Å². The van der Waals surface area contributed by atoms with Crippen LogP contribution < -0.4 is 4.74 Å². The van der Waals surface area contributed by atoms with Gasteiger partial charge >= 0.3 is 0 Å². The van der Waals surface area contributed by atoms with Gasteiger partial charge in [-0.3, -0.25) is 4.79 Å². The molecule has 19 heavy (non-hydrogen) atoms. The molecule has 4 nitrogen and oxygen atoms in total. The molecule has 1 heterocycles. The summed E-state index contributed by atoms with van der Waals surface area (Å²) in [7, 11) is 0. The summed E-state index contributed by atoms with van der Waals surface area (Å²) >= 11 is 0. The van der Waals surface area contributed by atoms with Crippen LogP contribution in [0.2, 0.25) is 0 Å². The van der Waals surface area contributed by atoms with Gasteiger partial charge in [0.2, 0.25) is 5.91 Å². The summed E-state index contributed by atoms with van der Waals surface area (Å²) in [4.78, 5) is 13.6. The molecule has 4 heteroatoms. The third-order valence-electron chi connectivity index (χ3n) is 3.70. The number of benzene rings is 1. The molecule has 0 aliphatic carbocycles. The van der Waals surface area contributed by atoms with Crippen LogP contribution in [0, 0.1) is 19.8 Å². The van der Waals surface area contributed by atoms with E-state index in [4.69, 9.17) is 9.84 Å². The van der Waals surface area contributed by atoms with E-state index in [1.807, 2.05) is 32.0 Å². The van der Waals surface area contributed by atoms with E-state index < -0.39 is 0 Å². The number of aryl methyl sites for hydroxylation is 1. The van der Waals surface area contributed by atoms with Crippen LogP contribution in [0.25, 0.3) is 0 Å². The molecule has 1 aromatic rings. The molecule has 0 saturated carbocycles. The van der Waals surface area contributed by atoms with Crippen molar-refractivity contribution in [2.45, 2.75) is 20.3 Å². The average Bonchev–Trinajstić information content (AvgIpc) is 2.33. The number of amides is 1. The maximum Gasteiger partial charge on any atom is 0.226 e. The molecule has 1 aliphatic rings. The zero-order chi connectivity index (χ0) is 13.8. The van der Waals surface area contributed by atoms with Gasteiger partial charge in [0.15, 0.2) is 0 Å². The van der Waals surface area contributed by atoms with Crippen LogP contribution in [0.5, 0.6) is 5.75 Å². The predicted molar refractivity (Wildman–Crippen MR) is 73.2 cm³/mol. The van der Waals surface area contributed by atoms with Crippen LogP contribution in [0.15, 0.2) is 18.2 Å². The van der Waals surface area contributed by atoms with Gasteiger partial charge in [0.1, 0.15) is 5.75 Å². The Morgan fingerprint density at radius 3 is 2.84 bits per heavy atom. The van der Waals surface area contributed by atoms with E-state index >= 15 is 0 Å². The van der Waals surface area contributed by atoms with Gasteiger partial charge in [-0.15, -0.1) is 0 Å². The van der Waals surface area contributed by atoms with Crippen LogP contribution in [-0.4, -0.2) is 42.2 Å². The zero-order valence-electron chi connectivity index (χ0n) is 11.6. The normalized spacial score (nSPS) is 15.2. The number of likely N-dealkylation sites (tertiary alicyclic amines) is 1. The Kier molecular flexibility index (Phi) is 4.43. The minimum absolute atomic E-state index is 0.106. The number of aliphatic hydroxyl groups excluding tert-OH is 1. The summed E-state index contributed by atoms with van der Waals surface area (Å²) in [5.41, 5.74) is 2.32. The van der Waals surface area contributed by atoms with Gasteiger partial charge in [0.25, 0.3) is 0 Å². The van der Waals surface area contributed by atoms with Gasteiger partial charge in [0, 0.05) is 25.6 Å². The first kappa shape index (κ1) is 13.9. The number of carbonyl (C=O) groups excluding carboxylic acids is 1. The van der Waals surface area contributed by atoms with Crippen molar-refractivity contribution < 1.29 is 14.6 Å². The number of nitrogens with zero attached hydrogens (tertiary/aromatic N) is 1. The standard InChI is InChI=1S/C15H21NO3/c1-11-4-3-5-14(12(11)2)19-7-6-15(18)16-8-13(9-16)10-17/h3-5,13,17H,6-10H2,1-2H3. The number of hydrogen-bond acceptors (Lipinski definition) is 3. The summed E-state index contributed by atoms with van der Waals surface area (Å²) in [5.74, 6) is 1.23. The summed E-state index contributed by atoms with van der Waals surface area (Å²) in [5, 5.41) is 8.90. The first-order valence-corrected chi connectivity index (χ1v) is 6.69. The number of carbonyl (C=O) groups is 1. The Balaban J connectivity index is 1.75. The van der Waals surface area contributed by atoms with Gasteiger partial charge in [-0.2, -0.15) is 0 Å². The van der Waals surface area contributed by atoms with E-state index in [-0.39, 0.29) is 18.4 Å². The monoisotopic (exact) mass is 263 g/mol. The second-order valence-corrected chi connectivity index (χ2v) is 5.14. The molecule has 2 rings (SSSR count). The number of hydrogen-bond donors (Lipinski definition) is 1. The molecule has 1 amide bonds. The molecule has 1 N–H and O–H groups in total. The minimum atomic E-state index is 0.106. The topological polar surface area (TPSA) is 49.8 Å². The summed E-state index contributed by atoms with van der Waals surface area (Å²) in [6.07, 6.45) is 0.394. The maximum atomic E-state index is 11.8. The predicted octanol–water partition coefficient (Wildman–Crippen LogP) is 1.52. The molecule has 0 unspecified atom stereocenters. The van der Waals surface area contributed by atoms with Crippen molar-refractivity contribution >= 4 is 5.91 Å². The Morgan fingerprint density at radius 2 is 2.16 bits per heavy atom. The molecule has 1 aliphatic heterocycles. The highest BCUT2D eigenvalue weighted by molar-refractivity contribution is 5.77. The molecule has 0 aromatic heterocycles. The van der Waals surface area contributed by atoms with Crippen molar-refractivity contribution in [1.82, 2.24) is 4.90 Å². The van der Waals surface area contributed by atoms with Crippen LogP contribution in [0.4, 0.5) is 0 Å². The smallest absolute Gasteiger partial charge is 0.226 e. The van der Waals surface area contributed by atoms with Crippen molar-refractivity contribution in [1.29, 1.82) is 0 Å². The van der Waals surface area contributed by atoms with Crippen LogP contribution in [0.1, 0.15) is 17.5 Å². The molecule has 1 saturated heterocycles. The molecular formula is C15H21NO3. The van der Waals surface area contributed by atoms with Crippen molar-refractivity contribution in [3.8, 4) is 5.75 Å². The third-order valence-corrected chi connectivity index (χ3v) is 3.70. The lowest BCUT2D eigenvalue weighted by Gasteiger charge is -2.38. The van der Waals surface area contributed by atoms with E-state index in [9.17, 15) is 4.79 Å². The molecule has 0 spiro atoms. The van der Waals surface area contributed by atoms with Crippen LogP contribution in [-0.2, 0) is 4.79 Å². The highest BCUT2D eigenvalue weighted by atomic mass is 16.5. The number of rotatable bonds is 5. The average molecular weight is 263 g/mol. The minimum Gasteiger partial charge on any atom is -0.493 e. The summed E-state index contributed by atoms with van der Waals surface area (Å²) in [6, 6.07) is 5.93. The molecule has 0 atom stereocenters. The summed E-state index contributed by atoms with van der Waals surface area (Å²) < 4.78 is 5.66. The van der Waals surface area contributed by atoms with E-state index in [2.05, 4.69) is 0 Å². The molecular weight excluding hydrogens is 242 g/mol. The number of ether oxygens (including phenoxy) is 1. The lowest BCUT2D eigenvalue weighted by Crippen LogP contribution is -2.51. The van der Waals surface area contributed by atoms with E-state index in [0.29, 0.717) is 26.1 Å². The van der Waals surface area contributed by atoms with Gasteiger partial charge in [-0.1, -0.05) is 12.1 Å². The number of aliphatic hydroxyl groups is 1. The van der Waals surface area contributed by atoms with E-state index in [1.165, 1.54) is 5.56 Å². The molecule has 1 aromatic carbocycles. The first-order chi connectivity index (χ1) is 9.11. The lowest BCUT2D eigenvalue weighted by atomic mass is 10.0. The maximum absolute atomic E-state index is 11.8. The quantitative estimate of drug-likeness (QED) is 0.876. The fourth-order valence-electron chi connectivity index (χ4n) is 2.18. The van der Waals surface area contributed by atoms with Gasteiger partial charge in [-0.25, -0.2) is 0 Å². The SMILES string of the molecule is Cc1cccc(OCCC(=O)N2CC(CO)C2)c1C. The molecule has 0 bridgehead atoms.